The predicted octanol–water partition coefficient (Wildman–Crippen LogP) is 4.04. The summed E-state index contributed by atoms with van der Waals surface area (Å²) >= 11 is 0. The normalized spacial score (nSPS) is 13.7. The minimum atomic E-state index is -1.16. The molecular formula is C29H30N2O6. The van der Waals surface area contributed by atoms with Crippen LogP contribution in [0.1, 0.15) is 29.5 Å². The van der Waals surface area contributed by atoms with Crippen LogP contribution in [-0.2, 0) is 25.7 Å². The van der Waals surface area contributed by atoms with Gasteiger partial charge in [-0.2, -0.15) is 0 Å². The van der Waals surface area contributed by atoms with Gasteiger partial charge in [0.15, 0.2) is 0 Å². The number of hydrogen-bond donors (Lipinski definition) is 2. The fraction of sp³-hybridized carbons (Fsp3) is 0.276. The lowest BCUT2D eigenvalue weighted by Crippen LogP contribution is -2.54. The molecule has 0 radical (unpaired) electrons. The number of carbonyl (C=O) groups excluding carboxylic acids is 2. The van der Waals surface area contributed by atoms with E-state index in [0.717, 1.165) is 32.7 Å². The Hall–Kier alpha value is -4.17. The molecule has 4 rings (SSSR count). The highest BCUT2D eigenvalue weighted by atomic mass is 16.5. The predicted molar refractivity (Wildman–Crippen MR) is 138 cm³/mol. The molecule has 2 N–H and O–H groups in total. The Labute approximate surface area is 215 Å². The summed E-state index contributed by atoms with van der Waals surface area (Å²) in [6, 6.07) is 24.3. The van der Waals surface area contributed by atoms with Crippen LogP contribution >= 0.6 is 0 Å². The minimum Gasteiger partial charge on any atom is -0.480 e. The topological polar surface area (TPSA) is 105 Å². The Bertz CT molecular complexity index is 1220. The van der Waals surface area contributed by atoms with Gasteiger partial charge in [-0.3, -0.25) is 9.59 Å². The largest absolute Gasteiger partial charge is 0.480 e. The Morgan fingerprint density at radius 2 is 1.49 bits per heavy atom. The van der Waals surface area contributed by atoms with Crippen molar-refractivity contribution in [1.29, 1.82) is 0 Å². The SMILES string of the molecule is C[C@H](OCc1ccccc1)[C@@H](NC(=O)OCC1c2ccccc2-c2ccccc21)C(=O)N(C)CC(=O)O. The van der Waals surface area contributed by atoms with Gasteiger partial charge >= 0.3 is 12.1 Å². The first-order chi connectivity index (χ1) is 17.8. The summed E-state index contributed by atoms with van der Waals surface area (Å²) in [6.45, 7) is 1.46. The second-order valence-corrected chi connectivity index (χ2v) is 9.04. The molecule has 0 bridgehead atoms. The molecule has 0 unspecified atom stereocenters. The lowest BCUT2D eigenvalue weighted by molar-refractivity contribution is -0.146. The molecule has 37 heavy (non-hydrogen) atoms. The Morgan fingerprint density at radius 3 is 2.08 bits per heavy atom. The first-order valence-corrected chi connectivity index (χ1v) is 12.1. The van der Waals surface area contributed by atoms with Crippen molar-refractivity contribution in [2.45, 2.75) is 31.6 Å². The number of alkyl carbamates (subject to hydrolysis) is 1. The molecule has 0 heterocycles. The van der Waals surface area contributed by atoms with Gasteiger partial charge in [0, 0.05) is 13.0 Å². The van der Waals surface area contributed by atoms with Crippen LogP contribution in [0.2, 0.25) is 0 Å². The summed E-state index contributed by atoms with van der Waals surface area (Å²) < 4.78 is 11.5. The van der Waals surface area contributed by atoms with E-state index in [2.05, 4.69) is 5.32 Å². The third-order valence-electron chi connectivity index (χ3n) is 6.46. The van der Waals surface area contributed by atoms with E-state index in [1.54, 1.807) is 6.92 Å². The molecule has 0 saturated carbocycles. The quantitative estimate of drug-likeness (QED) is 0.434. The van der Waals surface area contributed by atoms with Gasteiger partial charge in [-0.15, -0.1) is 0 Å². The van der Waals surface area contributed by atoms with Crippen LogP contribution in [0.25, 0.3) is 11.1 Å². The molecule has 2 amide bonds. The van der Waals surface area contributed by atoms with E-state index < -0.39 is 36.7 Å². The number of amides is 2. The number of fused-ring (bicyclic) bond motifs is 3. The van der Waals surface area contributed by atoms with Crippen molar-refractivity contribution < 1.29 is 29.0 Å². The Balaban J connectivity index is 1.44. The summed E-state index contributed by atoms with van der Waals surface area (Å²) in [5, 5.41) is 11.7. The number of benzene rings is 3. The second-order valence-electron chi connectivity index (χ2n) is 9.04. The van der Waals surface area contributed by atoms with Crippen LogP contribution in [0, 0.1) is 0 Å². The smallest absolute Gasteiger partial charge is 0.407 e. The number of nitrogens with one attached hydrogen (secondary N) is 1. The molecule has 0 aliphatic heterocycles. The molecule has 0 fully saturated rings. The van der Waals surface area contributed by atoms with Crippen molar-refractivity contribution in [1.82, 2.24) is 10.2 Å². The molecule has 3 aromatic carbocycles. The number of nitrogens with zero attached hydrogens (tertiary/aromatic N) is 1. The molecule has 0 saturated heterocycles. The number of carboxylic acids is 1. The summed E-state index contributed by atoms with van der Waals surface area (Å²) in [5.41, 5.74) is 5.27. The first-order valence-electron chi connectivity index (χ1n) is 12.1. The van der Waals surface area contributed by atoms with E-state index in [4.69, 9.17) is 14.6 Å². The third-order valence-corrected chi connectivity index (χ3v) is 6.46. The van der Waals surface area contributed by atoms with Gasteiger partial charge in [0.1, 0.15) is 19.2 Å². The molecule has 192 valence electrons. The highest BCUT2D eigenvalue weighted by Gasteiger charge is 2.33. The summed E-state index contributed by atoms with van der Waals surface area (Å²) in [5.74, 6) is -1.88. The zero-order chi connectivity index (χ0) is 26.4. The van der Waals surface area contributed by atoms with Crippen LogP contribution in [0.5, 0.6) is 0 Å². The van der Waals surface area contributed by atoms with Gasteiger partial charge in [0.2, 0.25) is 5.91 Å². The number of carbonyl (C=O) groups is 3. The monoisotopic (exact) mass is 502 g/mol. The van der Waals surface area contributed by atoms with Crippen LogP contribution < -0.4 is 5.32 Å². The molecule has 8 nitrogen and oxygen atoms in total. The molecule has 1 aliphatic rings. The van der Waals surface area contributed by atoms with E-state index in [0.29, 0.717) is 0 Å². The number of carboxylic acid groups (broad SMARTS) is 1. The highest BCUT2D eigenvalue weighted by Crippen LogP contribution is 2.44. The van der Waals surface area contributed by atoms with Crippen LogP contribution in [-0.4, -0.2) is 60.3 Å². The summed E-state index contributed by atoms with van der Waals surface area (Å²) in [7, 11) is 1.37. The highest BCUT2D eigenvalue weighted by molar-refractivity contribution is 5.88. The fourth-order valence-corrected chi connectivity index (χ4v) is 4.56. The average molecular weight is 503 g/mol. The lowest BCUT2D eigenvalue weighted by Gasteiger charge is -2.28. The van der Waals surface area contributed by atoms with E-state index in [-0.39, 0.29) is 19.1 Å². The van der Waals surface area contributed by atoms with Crippen molar-refractivity contribution >= 4 is 18.0 Å². The molecular weight excluding hydrogens is 472 g/mol. The summed E-state index contributed by atoms with van der Waals surface area (Å²) in [6.07, 6.45) is -1.52. The van der Waals surface area contributed by atoms with Gasteiger partial charge < -0.3 is 24.8 Å². The lowest BCUT2D eigenvalue weighted by atomic mass is 9.98. The number of aliphatic carboxylic acids is 1. The maximum Gasteiger partial charge on any atom is 0.407 e. The van der Waals surface area contributed by atoms with Crippen molar-refractivity contribution in [3.63, 3.8) is 0 Å². The maximum atomic E-state index is 13.1. The zero-order valence-electron chi connectivity index (χ0n) is 20.8. The molecule has 0 spiro atoms. The van der Waals surface area contributed by atoms with Crippen molar-refractivity contribution in [3.05, 3.63) is 95.6 Å². The Morgan fingerprint density at radius 1 is 0.919 bits per heavy atom. The third kappa shape index (κ3) is 6.16. The molecule has 0 aromatic heterocycles. The second kappa shape index (κ2) is 11.7. The van der Waals surface area contributed by atoms with Crippen molar-refractivity contribution in [3.8, 4) is 11.1 Å². The fourth-order valence-electron chi connectivity index (χ4n) is 4.56. The number of ether oxygens (including phenoxy) is 2. The zero-order valence-corrected chi connectivity index (χ0v) is 20.8. The summed E-state index contributed by atoms with van der Waals surface area (Å²) in [4.78, 5) is 38.1. The van der Waals surface area contributed by atoms with E-state index in [1.807, 2.05) is 78.9 Å². The maximum absolute atomic E-state index is 13.1. The molecule has 1 aliphatic carbocycles. The Kier molecular flexibility index (Phi) is 8.20. The van der Waals surface area contributed by atoms with Gasteiger partial charge in [-0.25, -0.2) is 4.79 Å². The van der Waals surface area contributed by atoms with Crippen molar-refractivity contribution in [2.75, 3.05) is 20.2 Å². The van der Waals surface area contributed by atoms with Gasteiger partial charge in [0.25, 0.3) is 0 Å². The van der Waals surface area contributed by atoms with E-state index in [9.17, 15) is 14.4 Å². The standard InChI is InChI=1S/C29H30N2O6/c1-19(36-17-20-10-4-3-5-11-20)27(28(34)31(2)16-26(32)33)30-29(35)37-18-25-23-14-8-6-12-21(23)22-13-7-9-15-24(22)25/h3-15,19,25,27H,16-18H2,1-2H3,(H,30,35)(H,32,33)/t19-,27+/m0/s1. The molecule has 8 heteroatoms. The van der Waals surface area contributed by atoms with Gasteiger partial charge in [0.05, 0.1) is 12.7 Å². The number of likely N-dealkylation sites (N-methyl/N-ethyl adjacent to an activating group) is 1. The molecule has 2 atom stereocenters. The molecule has 3 aromatic rings. The van der Waals surface area contributed by atoms with E-state index in [1.165, 1.54) is 7.05 Å². The van der Waals surface area contributed by atoms with E-state index >= 15 is 0 Å². The van der Waals surface area contributed by atoms with Crippen LogP contribution in [0.3, 0.4) is 0 Å². The number of rotatable bonds is 10. The average Bonchev–Trinajstić information content (AvgIpc) is 3.22. The number of hydrogen-bond acceptors (Lipinski definition) is 5. The minimum absolute atomic E-state index is 0.0883. The van der Waals surface area contributed by atoms with Crippen molar-refractivity contribution in [2.24, 2.45) is 0 Å². The van der Waals surface area contributed by atoms with Gasteiger partial charge in [-0.05, 0) is 34.7 Å². The van der Waals surface area contributed by atoms with Gasteiger partial charge in [-0.1, -0.05) is 78.9 Å². The van der Waals surface area contributed by atoms with Crippen LogP contribution in [0.15, 0.2) is 78.9 Å². The first kappa shape index (κ1) is 25.9. The van der Waals surface area contributed by atoms with Crippen LogP contribution in [0.4, 0.5) is 4.79 Å².